The number of nitrogens with two attached hydrogens (primary N) is 1. The minimum atomic E-state index is -0.180. The van der Waals surface area contributed by atoms with Crippen molar-refractivity contribution in [3.63, 3.8) is 0 Å². The van der Waals surface area contributed by atoms with Crippen molar-refractivity contribution in [3.05, 3.63) is 29.1 Å². The molecule has 1 heterocycles. The summed E-state index contributed by atoms with van der Waals surface area (Å²) in [6.45, 7) is 6.36. The molecule has 0 saturated carbocycles. The van der Waals surface area contributed by atoms with Crippen molar-refractivity contribution in [1.82, 2.24) is 0 Å². The highest BCUT2D eigenvalue weighted by atomic mass is 19.1. The molecular formula is C16H25FN2O. The van der Waals surface area contributed by atoms with Crippen LogP contribution in [-0.4, -0.2) is 26.8 Å². The first-order valence-electron chi connectivity index (χ1n) is 7.33. The molecule has 1 saturated heterocycles. The molecule has 0 spiro atoms. The standard InChI is InChI=1S/C16H25FN2O/c1-11-8-16(14(12(2)18)9-15(11)17)19(3)10-13-4-6-20-7-5-13/h8-9,12-13H,4-7,10,18H2,1-3H3. The molecule has 0 aromatic heterocycles. The van der Waals surface area contributed by atoms with E-state index in [0.717, 1.165) is 43.9 Å². The van der Waals surface area contributed by atoms with E-state index in [2.05, 4.69) is 11.9 Å². The molecule has 1 aromatic rings. The predicted octanol–water partition coefficient (Wildman–Crippen LogP) is 3.02. The first kappa shape index (κ1) is 15.3. The summed E-state index contributed by atoms with van der Waals surface area (Å²) < 4.78 is 19.1. The number of aryl methyl sites for hydroxylation is 1. The van der Waals surface area contributed by atoms with Gasteiger partial charge in [-0.25, -0.2) is 4.39 Å². The molecule has 4 heteroatoms. The van der Waals surface area contributed by atoms with Crippen molar-refractivity contribution in [2.45, 2.75) is 32.7 Å². The monoisotopic (exact) mass is 280 g/mol. The van der Waals surface area contributed by atoms with Crippen molar-refractivity contribution >= 4 is 5.69 Å². The van der Waals surface area contributed by atoms with Gasteiger partial charge in [0.05, 0.1) is 0 Å². The van der Waals surface area contributed by atoms with Gasteiger partial charge >= 0.3 is 0 Å². The molecule has 0 radical (unpaired) electrons. The van der Waals surface area contributed by atoms with E-state index in [4.69, 9.17) is 10.5 Å². The first-order chi connectivity index (χ1) is 9.49. The summed E-state index contributed by atoms with van der Waals surface area (Å²) >= 11 is 0. The fourth-order valence-corrected chi connectivity index (χ4v) is 2.79. The van der Waals surface area contributed by atoms with E-state index >= 15 is 0 Å². The summed E-state index contributed by atoms with van der Waals surface area (Å²) in [7, 11) is 2.06. The van der Waals surface area contributed by atoms with Gasteiger partial charge in [-0.1, -0.05) is 0 Å². The second kappa shape index (κ2) is 6.55. The highest BCUT2D eigenvalue weighted by molar-refractivity contribution is 5.56. The zero-order valence-electron chi connectivity index (χ0n) is 12.7. The van der Waals surface area contributed by atoms with Crippen molar-refractivity contribution in [2.75, 3.05) is 31.7 Å². The number of hydrogen-bond acceptors (Lipinski definition) is 3. The summed E-state index contributed by atoms with van der Waals surface area (Å²) in [6, 6.07) is 3.32. The van der Waals surface area contributed by atoms with Crippen LogP contribution in [-0.2, 0) is 4.74 Å². The van der Waals surface area contributed by atoms with Crippen LogP contribution in [0.4, 0.5) is 10.1 Å². The lowest BCUT2D eigenvalue weighted by atomic mass is 9.98. The van der Waals surface area contributed by atoms with Gasteiger partial charge in [-0.05, 0) is 55.9 Å². The van der Waals surface area contributed by atoms with Crippen molar-refractivity contribution in [1.29, 1.82) is 0 Å². The minimum absolute atomic E-state index is 0.169. The van der Waals surface area contributed by atoms with Crippen LogP contribution in [0.1, 0.15) is 36.9 Å². The van der Waals surface area contributed by atoms with E-state index in [1.165, 1.54) is 0 Å². The van der Waals surface area contributed by atoms with Crippen LogP contribution in [0.5, 0.6) is 0 Å². The van der Waals surface area contributed by atoms with Gasteiger partial charge in [0.1, 0.15) is 5.82 Å². The smallest absolute Gasteiger partial charge is 0.126 e. The molecule has 1 aromatic carbocycles. The van der Waals surface area contributed by atoms with E-state index in [1.54, 1.807) is 13.0 Å². The van der Waals surface area contributed by atoms with Crippen LogP contribution in [0.25, 0.3) is 0 Å². The highest BCUT2D eigenvalue weighted by Crippen LogP contribution is 2.29. The largest absolute Gasteiger partial charge is 0.381 e. The average molecular weight is 280 g/mol. The normalized spacial score (nSPS) is 18.1. The Morgan fingerprint density at radius 1 is 1.40 bits per heavy atom. The fraction of sp³-hybridized carbons (Fsp3) is 0.625. The third kappa shape index (κ3) is 3.49. The second-order valence-corrected chi connectivity index (χ2v) is 5.89. The Balaban J connectivity index is 2.19. The van der Waals surface area contributed by atoms with Gasteiger partial charge in [-0.2, -0.15) is 0 Å². The molecule has 0 bridgehead atoms. The van der Waals surface area contributed by atoms with E-state index in [0.29, 0.717) is 11.5 Å². The van der Waals surface area contributed by atoms with Gasteiger partial charge in [0.15, 0.2) is 0 Å². The molecule has 1 atom stereocenters. The lowest BCUT2D eigenvalue weighted by molar-refractivity contribution is 0.0685. The summed E-state index contributed by atoms with van der Waals surface area (Å²) in [5.74, 6) is 0.459. The van der Waals surface area contributed by atoms with Crippen LogP contribution < -0.4 is 10.6 Å². The molecular weight excluding hydrogens is 255 g/mol. The summed E-state index contributed by atoms with van der Waals surface area (Å²) in [4.78, 5) is 2.21. The molecule has 1 aliphatic heterocycles. The van der Waals surface area contributed by atoms with E-state index < -0.39 is 0 Å². The molecule has 20 heavy (non-hydrogen) atoms. The third-order valence-corrected chi connectivity index (χ3v) is 4.08. The number of nitrogens with zero attached hydrogens (tertiary/aromatic N) is 1. The molecule has 0 aliphatic carbocycles. The maximum absolute atomic E-state index is 13.8. The van der Waals surface area contributed by atoms with Gasteiger partial charge < -0.3 is 15.4 Å². The number of ether oxygens (including phenoxy) is 1. The molecule has 1 fully saturated rings. The Hall–Kier alpha value is -1.13. The van der Waals surface area contributed by atoms with Gasteiger partial charge in [-0.15, -0.1) is 0 Å². The number of rotatable bonds is 4. The Labute approximate surface area is 120 Å². The first-order valence-corrected chi connectivity index (χ1v) is 7.33. The Morgan fingerprint density at radius 2 is 2.05 bits per heavy atom. The van der Waals surface area contributed by atoms with Crippen LogP contribution in [0, 0.1) is 18.7 Å². The summed E-state index contributed by atoms with van der Waals surface area (Å²) in [5, 5.41) is 0. The predicted molar refractivity (Wildman–Crippen MR) is 80.6 cm³/mol. The van der Waals surface area contributed by atoms with Gasteiger partial charge in [-0.3, -0.25) is 0 Å². The van der Waals surface area contributed by atoms with Crippen LogP contribution >= 0.6 is 0 Å². The maximum atomic E-state index is 13.8. The molecule has 1 aliphatic rings. The van der Waals surface area contributed by atoms with Crippen molar-refractivity contribution < 1.29 is 9.13 Å². The number of halogens is 1. The summed E-state index contributed by atoms with van der Waals surface area (Å²) in [6.07, 6.45) is 2.19. The van der Waals surface area contributed by atoms with Crippen LogP contribution in [0.3, 0.4) is 0 Å². The van der Waals surface area contributed by atoms with Crippen LogP contribution in [0.2, 0.25) is 0 Å². The van der Waals surface area contributed by atoms with E-state index in [-0.39, 0.29) is 11.9 Å². The van der Waals surface area contributed by atoms with Crippen molar-refractivity contribution in [3.8, 4) is 0 Å². The number of hydrogen-bond donors (Lipinski definition) is 1. The molecule has 112 valence electrons. The van der Waals surface area contributed by atoms with Gasteiger partial charge in [0.25, 0.3) is 0 Å². The average Bonchev–Trinajstić information content (AvgIpc) is 2.42. The zero-order chi connectivity index (χ0) is 14.7. The molecule has 1 unspecified atom stereocenters. The zero-order valence-corrected chi connectivity index (χ0v) is 12.7. The highest BCUT2D eigenvalue weighted by Gasteiger charge is 2.19. The van der Waals surface area contributed by atoms with E-state index in [1.807, 2.05) is 13.0 Å². The topological polar surface area (TPSA) is 38.5 Å². The van der Waals surface area contributed by atoms with Crippen LogP contribution in [0.15, 0.2) is 12.1 Å². The minimum Gasteiger partial charge on any atom is -0.381 e. The molecule has 2 rings (SSSR count). The SMILES string of the molecule is Cc1cc(N(C)CC2CCOCC2)c(C(C)N)cc1F. The number of anilines is 1. The molecule has 2 N–H and O–H groups in total. The quantitative estimate of drug-likeness (QED) is 0.921. The Kier molecular flexibility index (Phi) is 5.00. The van der Waals surface area contributed by atoms with Gasteiger partial charge in [0.2, 0.25) is 0 Å². The fourth-order valence-electron chi connectivity index (χ4n) is 2.79. The summed E-state index contributed by atoms with van der Waals surface area (Å²) in [5.41, 5.74) is 8.58. The Morgan fingerprint density at radius 3 is 2.65 bits per heavy atom. The Bertz CT molecular complexity index is 456. The molecule has 3 nitrogen and oxygen atoms in total. The van der Waals surface area contributed by atoms with E-state index in [9.17, 15) is 4.39 Å². The third-order valence-electron chi connectivity index (χ3n) is 4.08. The second-order valence-electron chi connectivity index (χ2n) is 5.89. The molecule has 0 amide bonds. The van der Waals surface area contributed by atoms with Gasteiger partial charge in [0, 0.05) is 38.5 Å². The lowest BCUT2D eigenvalue weighted by Crippen LogP contribution is -2.30. The number of benzene rings is 1. The van der Waals surface area contributed by atoms with Crippen molar-refractivity contribution in [2.24, 2.45) is 11.7 Å². The maximum Gasteiger partial charge on any atom is 0.126 e. The lowest BCUT2D eigenvalue weighted by Gasteiger charge is -2.30.